The van der Waals surface area contributed by atoms with E-state index in [1.165, 1.54) is 24.3 Å². The molecule has 5 heterocycles. The Hall–Kier alpha value is -6.20. The molecule has 286 valence electrons. The van der Waals surface area contributed by atoms with Crippen LogP contribution in [0.25, 0.3) is 11.6 Å². The number of carbonyl (C=O) groups is 7. The van der Waals surface area contributed by atoms with Crippen molar-refractivity contribution < 1.29 is 42.7 Å². The summed E-state index contributed by atoms with van der Waals surface area (Å²) in [7, 11) is 0. The average Bonchev–Trinajstić information content (AvgIpc) is 3.75. The van der Waals surface area contributed by atoms with Crippen LogP contribution in [-0.4, -0.2) is 120 Å². The number of hydrogen-bond donors (Lipinski definition) is 5. The lowest BCUT2D eigenvalue weighted by atomic mass is 10.0. The van der Waals surface area contributed by atoms with Crippen LogP contribution >= 0.6 is 0 Å². The van der Waals surface area contributed by atoms with Crippen molar-refractivity contribution in [1.29, 1.82) is 0 Å². The highest BCUT2D eigenvalue weighted by Gasteiger charge is 2.45. The summed E-state index contributed by atoms with van der Waals surface area (Å²) in [4.78, 5) is 96.2. The molecule has 0 radical (unpaired) electrons. The molecule has 0 spiro atoms. The Bertz CT molecular complexity index is 2140. The molecule has 0 aliphatic carbocycles. The van der Waals surface area contributed by atoms with Crippen molar-refractivity contribution in [3.63, 3.8) is 0 Å². The minimum atomic E-state index is -1.05. The van der Waals surface area contributed by atoms with Gasteiger partial charge in [0.25, 0.3) is 17.7 Å². The standard InChI is InChI=1S/C38H39FN8O8/c1-21-28(18-25-24-17-22(39)5-6-26(24)43-35(25)51)41-19-29(21)42-32(49)20-45-11-13-46(14-12-45)33(50)9-15-55-16-10-40-27-4-2-3-23-34(27)38(54)47(37(23)53)30-7-8-31(48)44-36(30)52/h2-6,17-19,30,40-41H,7-16,20H2,1H3,(H,42,49)(H,43,51)(H,44,48,52)/b25-18-. The SMILES string of the molecule is Cc1c(NC(=O)CN2CCN(C(=O)CCOCCNc3cccc4c3C(=O)N(C3CCC(=O)NC3=O)C4=O)CC2)c[nH]c1/C=C1\C(=O)Nc2ccc(F)cc21. The molecule has 0 bridgehead atoms. The third-order valence-electron chi connectivity index (χ3n) is 10.1. The Balaban J connectivity index is 0.811. The number of nitrogens with zero attached hydrogens (tertiary/aromatic N) is 3. The number of aromatic amines is 1. The second-order valence-corrected chi connectivity index (χ2v) is 13.6. The Morgan fingerprint density at radius 3 is 2.55 bits per heavy atom. The van der Waals surface area contributed by atoms with Crippen LogP contribution in [0.15, 0.2) is 42.6 Å². The van der Waals surface area contributed by atoms with Gasteiger partial charge >= 0.3 is 0 Å². The zero-order valence-corrected chi connectivity index (χ0v) is 30.0. The fraction of sp³-hybridized carbons (Fsp3) is 0.342. The predicted octanol–water partition coefficient (Wildman–Crippen LogP) is 1.96. The first-order valence-corrected chi connectivity index (χ1v) is 18.0. The maximum Gasteiger partial charge on any atom is 0.264 e. The number of hydrogen-bond acceptors (Lipinski definition) is 10. The number of benzene rings is 2. The number of nitrogens with one attached hydrogen (secondary N) is 5. The molecule has 0 saturated carbocycles. The van der Waals surface area contributed by atoms with Crippen molar-refractivity contribution in [2.45, 2.75) is 32.2 Å². The van der Waals surface area contributed by atoms with Gasteiger partial charge in [-0.2, -0.15) is 0 Å². The van der Waals surface area contributed by atoms with E-state index in [2.05, 4.69) is 26.3 Å². The second-order valence-electron chi connectivity index (χ2n) is 13.6. The van der Waals surface area contributed by atoms with Crippen LogP contribution in [0.1, 0.15) is 56.8 Å². The number of carbonyl (C=O) groups excluding carboxylic acids is 7. The molecular weight excluding hydrogens is 715 g/mol. The molecule has 17 heteroatoms. The van der Waals surface area contributed by atoms with Crippen molar-refractivity contribution in [3.05, 3.63) is 76.4 Å². The van der Waals surface area contributed by atoms with E-state index in [-0.39, 0.29) is 67.9 Å². The van der Waals surface area contributed by atoms with Crippen LogP contribution < -0.4 is 21.3 Å². The van der Waals surface area contributed by atoms with Crippen molar-refractivity contribution in [2.75, 3.05) is 68.4 Å². The van der Waals surface area contributed by atoms with Crippen molar-refractivity contribution in [3.8, 4) is 0 Å². The van der Waals surface area contributed by atoms with Crippen LogP contribution in [0.5, 0.6) is 0 Å². The number of aromatic nitrogens is 1. The highest BCUT2D eigenvalue weighted by atomic mass is 19.1. The lowest BCUT2D eigenvalue weighted by Gasteiger charge is -2.34. The van der Waals surface area contributed by atoms with Gasteiger partial charge in [-0.05, 0) is 55.3 Å². The largest absolute Gasteiger partial charge is 0.382 e. The van der Waals surface area contributed by atoms with E-state index in [0.717, 1.165) is 10.5 Å². The molecule has 4 aliphatic heterocycles. The Morgan fingerprint density at radius 2 is 1.76 bits per heavy atom. The van der Waals surface area contributed by atoms with Gasteiger partial charge in [0, 0.05) is 68.0 Å². The highest BCUT2D eigenvalue weighted by Crippen LogP contribution is 2.35. The topological polar surface area (TPSA) is 202 Å². The van der Waals surface area contributed by atoms with Crippen LogP contribution in [0, 0.1) is 12.7 Å². The summed E-state index contributed by atoms with van der Waals surface area (Å²) in [5.41, 5.74) is 3.97. The van der Waals surface area contributed by atoms with Gasteiger partial charge in [-0.3, -0.25) is 48.7 Å². The van der Waals surface area contributed by atoms with Crippen LogP contribution in [-0.2, 0) is 28.7 Å². The number of rotatable bonds is 12. The molecule has 1 atom stereocenters. The molecule has 4 aliphatic rings. The number of imide groups is 2. The lowest BCUT2D eigenvalue weighted by Crippen LogP contribution is -2.54. The maximum atomic E-state index is 13.8. The van der Waals surface area contributed by atoms with Crippen LogP contribution in [0.3, 0.4) is 0 Å². The van der Waals surface area contributed by atoms with Gasteiger partial charge < -0.3 is 30.6 Å². The quantitative estimate of drug-likeness (QED) is 0.103. The van der Waals surface area contributed by atoms with Gasteiger partial charge in [0.1, 0.15) is 11.9 Å². The molecule has 2 aromatic carbocycles. The fourth-order valence-electron chi connectivity index (χ4n) is 7.13. The maximum absolute atomic E-state index is 13.8. The van der Waals surface area contributed by atoms with E-state index in [0.29, 0.717) is 66.6 Å². The highest BCUT2D eigenvalue weighted by molar-refractivity contribution is 6.35. The number of ether oxygens (including phenoxy) is 1. The summed E-state index contributed by atoms with van der Waals surface area (Å²) >= 11 is 0. The van der Waals surface area contributed by atoms with Gasteiger partial charge in [-0.25, -0.2) is 4.39 Å². The molecule has 1 aromatic heterocycles. The number of piperazine rings is 1. The molecule has 16 nitrogen and oxygen atoms in total. The summed E-state index contributed by atoms with van der Waals surface area (Å²) in [6.45, 7) is 4.59. The molecule has 3 aromatic rings. The fourth-order valence-corrected chi connectivity index (χ4v) is 7.13. The third-order valence-corrected chi connectivity index (χ3v) is 10.1. The van der Waals surface area contributed by atoms with E-state index < -0.39 is 35.5 Å². The number of H-pyrrole nitrogens is 1. The average molecular weight is 755 g/mol. The Labute approximate surface area is 314 Å². The zero-order chi connectivity index (χ0) is 38.8. The molecule has 7 rings (SSSR count). The number of halogens is 1. The van der Waals surface area contributed by atoms with Gasteiger partial charge in [0.05, 0.1) is 48.6 Å². The first-order valence-electron chi connectivity index (χ1n) is 18.0. The van der Waals surface area contributed by atoms with Gasteiger partial charge in [-0.15, -0.1) is 0 Å². The first-order chi connectivity index (χ1) is 26.5. The summed E-state index contributed by atoms with van der Waals surface area (Å²) in [5, 5.41) is 10.9. The summed E-state index contributed by atoms with van der Waals surface area (Å²) in [5.74, 6) is -3.39. The van der Waals surface area contributed by atoms with Crippen molar-refractivity contribution >= 4 is 70.1 Å². The van der Waals surface area contributed by atoms with Gasteiger partial charge in [0.15, 0.2) is 0 Å². The van der Waals surface area contributed by atoms with Gasteiger partial charge in [-0.1, -0.05) is 6.07 Å². The summed E-state index contributed by atoms with van der Waals surface area (Å²) in [6, 6.07) is 7.86. The Morgan fingerprint density at radius 1 is 0.964 bits per heavy atom. The zero-order valence-electron chi connectivity index (χ0n) is 30.0. The molecule has 2 saturated heterocycles. The minimum absolute atomic E-state index is 0.0355. The summed E-state index contributed by atoms with van der Waals surface area (Å²) < 4.78 is 19.5. The number of amides is 7. The van der Waals surface area contributed by atoms with Crippen molar-refractivity contribution in [2.24, 2.45) is 0 Å². The van der Waals surface area contributed by atoms with E-state index in [1.54, 1.807) is 29.3 Å². The number of piperidine rings is 1. The monoisotopic (exact) mass is 754 g/mol. The third kappa shape index (κ3) is 7.74. The number of fused-ring (bicyclic) bond motifs is 2. The minimum Gasteiger partial charge on any atom is -0.382 e. The molecule has 5 N–H and O–H groups in total. The Kier molecular flexibility index (Phi) is 10.6. The molecule has 2 fully saturated rings. The van der Waals surface area contributed by atoms with Crippen molar-refractivity contribution in [1.82, 2.24) is 25.0 Å². The lowest BCUT2D eigenvalue weighted by molar-refractivity contribution is -0.136. The normalized spacial score (nSPS) is 19.1. The van der Waals surface area contributed by atoms with E-state index >= 15 is 0 Å². The van der Waals surface area contributed by atoms with Crippen LogP contribution in [0.4, 0.5) is 21.5 Å². The molecule has 55 heavy (non-hydrogen) atoms. The van der Waals surface area contributed by atoms with E-state index in [4.69, 9.17) is 4.74 Å². The summed E-state index contributed by atoms with van der Waals surface area (Å²) in [6.07, 6.45) is 3.55. The molecular formula is C38H39FN8O8. The predicted molar refractivity (Wildman–Crippen MR) is 197 cm³/mol. The molecule has 1 unspecified atom stereocenters. The molecule has 7 amide bonds. The van der Waals surface area contributed by atoms with Gasteiger partial charge in [0.2, 0.25) is 23.6 Å². The second kappa shape index (κ2) is 15.6. The first kappa shape index (κ1) is 37.1. The number of anilines is 3. The van der Waals surface area contributed by atoms with E-state index in [9.17, 15) is 38.0 Å². The van der Waals surface area contributed by atoms with E-state index in [1.807, 2.05) is 11.8 Å². The smallest absolute Gasteiger partial charge is 0.264 e. The van der Waals surface area contributed by atoms with Crippen LogP contribution in [0.2, 0.25) is 0 Å².